The van der Waals surface area contributed by atoms with E-state index < -0.39 is 5.82 Å². The molecule has 2 aromatic carbocycles. The third-order valence-corrected chi connectivity index (χ3v) is 3.72. The number of carbonyl (C=O) groups is 1. The van der Waals surface area contributed by atoms with Crippen molar-refractivity contribution >= 4 is 28.1 Å². The van der Waals surface area contributed by atoms with Crippen LogP contribution in [0.5, 0.6) is 0 Å². The maximum Gasteiger partial charge on any atom is 0.255 e. The Balaban J connectivity index is 1.75. The van der Waals surface area contributed by atoms with E-state index in [0.717, 1.165) is 11.3 Å². The Kier molecular flexibility index (Phi) is 3.84. The van der Waals surface area contributed by atoms with Crippen LogP contribution in [-0.2, 0) is 0 Å². The smallest absolute Gasteiger partial charge is 0.255 e. The molecule has 0 spiro atoms. The third kappa shape index (κ3) is 3.12. The summed E-state index contributed by atoms with van der Waals surface area (Å²) in [6.45, 7) is 0. The second-order valence-electron chi connectivity index (χ2n) is 4.61. The van der Waals surface area contributed by atoms with Gasteiger partial charge in [0.2, 0.25) is 0 Å². The number of hydrogen-bond donors (Lipinski definition) is 2. The zero-order valence-corrected chi connectivity index (χ0v) is 12.2. The molecule has 110 valence electrons. The van der Waals surface area contributed by atoms with Gasteiger partial charge in [0.15, 0.2) is 5.13 Å². The SMILES string of the molecule is Nc1nc(-c2ccc(NC(=O)c3cccc(F)c3)cc2)cs1. The van der Waals surface area contributed by atoms with Crippen molar-refractivity contribution in [2.24, 2.45) is 0 Å². The van der Waals surface area contributed by atoms with Crippen LogP contribution in [0.2, 0.25) is 0 Å². The molecule has 1 heterocycles. The van der Waals surface area contributed by atoms with Gasteiger partial charge in [-0.1, -0.05) is 18.2 Å². The fraction of sp³-hybridized carbons (Fsp3) is 0. The molecule has 6 heteroatoms. The molecule has 1 amide bonds. The molecule has 0 bridgehead atoms. The van der Waals surface area contributed by atoms with Crippen molar-refractivity contribution < 1.29 is 9.18 Å². The second-order valence-corrected chi connectivity index (χ2v) is 5.50. The molecular formula is C16H12FN3OS. The van der Waals surface area contributed by atoms with Crippen molar-refractivity contribution in [3.8, 4) is 11.3 Å². The quantitative estimate of drug-likeness (QED) is 0.773. The predicted molar refractivity (Wildman–Crippen MR) is 86.3 cm³/mol. The van der Waals surface area contributed by atoms with Gasteiger partial charge in [-0.3, -0.25) is 4.79 Å². The summed E-state index contributed by atoms with van der Waals surface area (Å²) in [4.78, 5) is 16.2. The average Bonchev–Trinajstić information content (AvgIpc) is 2.94. The first-order chi connectivity index (χ1) is 10.6. The molecule has 3 rings (SSSR count). The van der Waals surface area contributed by atoms with Gasteiger partial charge in [0.1, 0.15) is 5.82 Å². The first kappa shape index (κ1) is 14.2. The Bertz CT molecular complexity index is 814. The fourth-order valence-electron chi connectivity index (χ4n) is 1.98. The number of amides is 1. The molecule has 3 N–H and O–H groups in total. The highest BCUT2D eigenvalue weighted by molar-refractivity contribution is 7.13. The van der Waals surface area contributed by atoms with Crippen LogP contribution in [0.4, 0.5) is 15.2 Å². The minimum atomic E-state index is -0.441. The van der Waals surface area contributed by atoms with Gasteiger partial charge in [-0.25, -0.2) is 9.37 Å². The lowest BCUT2D eigenvalue weighted by atomic mass is 10.1. The van der Waals surface area contributed by atoms with E-state index in [1.54, 1.807) is 18.2 Å². The Morgan fingerprint density at radius 2 is 1.95 bits per heavy atom. The number of nitrogens with two attached hydrogens (primary N) is 1. The first-order valence-corrected chi connectivity index (χ1v) is 7.38. The van der Waals surface area contributed by atoms with Gasteiger partial charge >= 0.3 is 0 Å². The summed E-state index contributed by atoms with van der Waals surface area (Å²) in [7, 11) is 0. The van der Waals surface area contributed by atoms with E-state index in [1.807, 2.05) is 17.5 Å². The van der Waals surface area contributed by atoms with Crippen LogP contribution >= 0.6 is 11.3 Å². The molecule has 0 saturated heterocycles. The zero-order chi connectivity index (χ0) is 15.5. The van der Waals surface area contributed by atoms with Crippen LogP contribution in [0.3, 0.4) is 0 Å². The van der Waals surface area contributed by atoms with Crippen molar-refractivity contribution in [1.82, 2.24) is 4.98 Å². The number of nitrogens with one attached hydrogen (secondary N) is 1. The number of thiazole rings is 1. The molecule has 1 aromatic heterocycles. The maximum atomic E-state index is 13.1. The maximum absolute atomic E-state index is 13.1. The van der Waals surface area contributed by atoms with Gasteiger partial charge in [0.25, 0.3) is 5.91 Å². The Labute approximate surface area is 130 Å². The van der Waals surface area contributed by atoms with Crippen LogP contribution in [0, 0.1) is 5.82 Å². The molecule has 0 fully saturated rings. The number of carbonyl (C=O) groups excluding carboxylic acids is 1. The van der Waals surface area contributed by atoms with Gasteiger partial charge in [-0.05, 0) is 30.3 Å². The monoisotopic (exact) mass is 313 g/mol. The molecule has 0 aliphatic heterocycles. The summed E-state index contributed by atoms with van der Waals surface area (Å²) >= 11 is 1.37. The predicted octanol–water partition coefficient (Wildman–Crippen LogP) is 3.78. The zero-order valence-electron chi connectivity index (χ0n) is 11.4. The van der Waals surface area contributed by atoms with Crippen LogP contribution in [-0.4, -0.2) is 10.9 Å². The van der Waals surface area contributed by atoms with Gasteiger partial charge in [0.05, 0.1) is 5.69 Å². The summed E-state index contributed by atoms with van der Waals surface area (Å²) in [5, 5.41) is 5.10. The highest BCUT2D eigenvalue weighted by Crippen LogP contribution is 2.24. The number of aromatic nitrogens is 1. The van der Waals surface area contributed by atoms with E-state index in [-0.39, 0.29) is 11.5 Å². The number of anilines is 2. The second kappa shape index (κ2) is 5.95. The summed E-state index contributed by atoms with van der Waals surface area (Å²) in [6, 6.07) is 12.8. The van der Waals surface area contributed by atoms with Crippen LogP contribution in [0.1, 0.15) is 10.4 Å². The lowest BCUT2D eigenvalue weighted by Crippen LogP contribution is -2.11. The lowest BCUT2D eigenvalue weighted by Gasteiger charge is -2.06. The molecule has 3 aromatic rings. The Morgan fingerprint density at radius 1 is 1.18 bits per heavy atom. The van der Waals surface area contributed by atoms with Crippen LogP contribution in [0.15, 0.2) is 53.9 Å². The molecule has 0 aliphatic rings. The van der Waals surface area contributed by atoms with Gasteiger partial charge < -0.3 is 11.1 Å². The molecule has 4 nitrogen and oxygen atoms in total. The number of benzene rings is 2. The van der Waals surface area contributed by atoms with Crippen molar-refractivity contribution in [3.05, 3.63) is 65.3 Å². The van der Waals surface area contributed by atoms with Crippen molar-refractivity contribution in [2.75, 3.05) is 11.1 Å². The van der Waals surface area contributed by atoms with Crippen LogP contribution < -0.4 is 11.1 Å². The van der Waals surface area contributed by atoms with E-state index in [2.05, 4.69) is 10.3 Å². The number of halogens is 1. The summed E-state index contributed by atoms with van der Waals surface area (Å²) in [5.41, 5.74) is 8.22. The summed E-state index contributed by atoms with van der Waals surface area (Å²) in [5.74, 6) is -0.797. The molecule has 0 aliphatic carbocycles. The van der Waals surface area contributed by atoms with Gasteiger partial charge in [-0.15, -0.1) is 11.3 Å². The number of nitrogens with zero attached hydrogens (tertiary/aromatic N) is 1. The Morgan fingerprint density at radius 3 is 2.59 bits per heavy atom. The minimum absolute atomic E-state index is 0.274. The molecule has 0 atom stereocenters. The molecule has 0 saturated carbocycles. The normalized spacial score (nSPS) is 10.4. The minimum Gasteiger partial charge on any atom is -0.375 e. The summed E-state index contributed by atoms with van der Waals surface area (Å²) < 4.78 is 13.1. The highest BCUT2D eigenvalue weighted by Gasteiger charge is 2.08. The standard InChI is InChI=1S/C16H12FN3OS/c17-12-3-1-2-11(8-12)15(21)19-13-6-4-10(5-7-13)14-9-22-16(18)20-14/h1-9H,(H2,18,20)(H,19,21). The number of nitrogen functional groups attached to an aromatic ring is 1. The topological polar surface area (TPSA) is 68.0 Å². The summed E-state index contributed by atoms with van der Waals surface area (Å²) in [6.07, 6.45) is 0. The van der Waals surface area contributed by atoms with E-state index in [1.165, 1.54) is 29.5 Å². The van der Waals surface area contributed by atoms with E-state index in [9.17, 15) is 9.18 Å². The molecule has 0 radical (unpaired) electrons. The van der Waals surface area contributed by atoms with Crippen LogP contribution in [0.25, 0.3) is 11.3 Å². The van der Waals surface area contributed by atoms with E-state index in [4.69, 9.17) is 5.73 Å². The van der Waals surface area contributed by atoms with Crippen molar-refractivity contribution in [1.29, 1.82) is 0 Å². The Hall–Kier alpha value is -2.73. The third-order valence-electron chi connectivity index (χ3n) is 3.05. The lowest BCUT2D eigenvalue weighted by molar-refractivity contribution is 0.102. The van der Waals surface area contributed by atoms with Gasteiger partial charge in [-0.2, -0.15) is 0 Å². The molecule has 0 unspecified atom stereocenters. The van der Waals surface area contributed by atoms with Gasteiger partial charge in [0, 0.05) is 22.2 Å². The van der Waals surface area contributed by atoms with E-state index in [0.29, 0.717) is 10.8 Å². The van der Waals surface area contributed by atoms with Crippen molar-refractivity contribution in [3.63, 3.8) is 0 Å². The largest absolute Gasteiger partial charge is 0.375 e. The van der Waals surface area contributed by atoms with Crippen molar-refractivity contribution in [2.45, 2.75) is 0 Å². The number of rotatable bonds is 3. The molecular weight excluding hydrogens is 301 g/mol. The number of hydrogen-bond acceptors (Lipinski definition) is 4. The average molecular weight is 313 g/mol. The highest BCUT2D eigenvalue weighted by atomic mass is 32.1. The molecule has 22 heavy (non-hydrogen) atoms. The first-order valence-electron chi connectivity index (χ1n) is 6.50. The fourth-order valence-corrected chi connectivity index (χ4v) is 2.55. The van der Waals surface area contributed by atoms with E-state index >= 15 is 0 Å².